The molecule has 63 heavy (non-hydrogen) atoms. The van der Waals surface area contributed by atoms with Crippen LogP contribution in [0.1, 0.15) is 68.2 Å². The van der Waals surface area contributed by atoms with Crippen LogP contribution in [-0.4, -0.2) is 4.57 Å². The number of anilines is 3. The molecule has 5 aliphatic carbocycles. The van der Waals surface area contributed by atoms with Gasteiger partial charge in [-0.25, -0.2) is 0 Å². The van der Waals surface area contributed by atoms with Gasteiger partial charge in [0.25, 0.3) is 0 Å². The highest BCUT2D eigenvalue weighted by atomic mass is 15.1. The van der Waals surface area contributed by atoms with Crippen LogP contribution in [0.15, 0.2) is 194 Å². The molecular weight excluding hydrogens is 761 g/mol. The van der Waals surface area contributed by atoms with Crippen LogP contribution in [0.5, 0.6) is 0 Å². The predicted molar refractivity (Wildman–Crippen MR) is 263 cm³/mol. The third-order valence-corrected chi connectivity index (χ3v) is 16.2. The minimum atomic E-state index is -0.134. The molecule has 0 radical (unpaired) electrons. The molecule has 1 aromatic heterocycles. The van der Waals surface area contributed by atoms with Crippen molar-refractivity contribution in [2.75, 3.05) is 4.90 Å². The Labute approximate surface area is 371 Å². The third-order valence-electron chi connectivity index (χ3n) is 16.2. The van der Waals surface area contributed by atoms with Gasteiger partial charge in [-0.3, -0.25) is 0 Å². The quantitative estimate of drug-likeness (QED) is 0.162. The smallest absolute Gasteiger partial charge is 0.0541 e. The molecule has 4 saturated carbocycles. The molecule has 0 aliphatic heterocycles. The number of hydrogen-bond acceptors (Lipinski definition) is 1. The first kappa shape index (κ1) is 37.0. The first-order chi connectivity index (χ1) is 30.9. The fourth-order valence-corrected chi connectivity index (χ4v) is 13.8. The van der Waals surface area contributed by atoms with Crippen molar-refractivity contribution in [1.29, 1.82) is 0 Å². The minimum absolute atomic E-state index is 0.0981. The summed E-state index contributed by atoms with van der Waals surface area (Å²) in [5, 5.41) is 2.56. The molecule has 0 amide bonds. The van der Waals surface area contributed by atoms with E-state index in [0.29, 0.717) is 0 Å². The number of para-hydroxylation sites is 2. The highest BCUT2D eigenvalue weighted by Crippen LogP contribution is 2.69. The Morgan fingerprint density at radius 3 is 1.62 bits per heavy atom. The Morgan fingerprint density at radius 1 is 0.397 bits per heavy atom. The average molecular weight is 813 g/mol. The van der Waals surface area contributed by atoms with Gasteiger partial charge < -0.3 is 9.47 Å². The summed E-state index contributed by atoms with van der Waals surface area (Å²) >= 11 is 0. The second-order valence-electron chi connectivity index (χ2n) is 19.8. The second-order valence-corrected chi connectivity index (χ2v) is 19.8. The van der Waals surface area contributed by atoms with E-state index < -0.39 is 0 Å². The van der Waals surface area contributed by atoms with Crippen LogP contribution in [0.4, 0.5) is 17.1 Å². The summed E-state index contributed by atoms with van der Waals surface area (Å²) in [6.45, 7) is 4.97. The lowest BCUT2D eigenvalue weighted by Crippen LogP contribution is -2.58. The minimum Gasteiger partial charge on any atom is -0.310 e. The van der Waals surface area contributed by atoms with E-state index in [4.69, 9.17) is 0 Å². The van der Waals surface area contributed by atoms with Crippen molar-refractivity contribution in [3.05, 3.63) is 216 Å². The average Bonchev–Trinajstić information content (AvgIpc) is 3.67. The lowest BCUT2D eigenvalue weighted by atomic mass is 9.39. The van der Waals surface area contributed by atoms with E-state index in [1.807, 2.05) is 0 Å². The van der Waals surface area contributed by atoms with Crippen LogP contribution in [0.2, 0.25) is 0 Å². The number of hydrogen-bond donors (Lipinski definition) is 0. The largest absolute Gasteiger partial charge is 0.310 e. The van der Waals surface area contributed by atoms with Crippen molar-refractivity contribution in [3.63, 3.8) is 0 Å². The van der Waals surface area contributed by atoms with Gasteiger partial charge in [0.15, 0.2) is 0 Å². The van der Waals surface area contributed by atoms with E-state index >= 15 is 0 Å². The standard InChI is InChI=1S/C61H52N2/c1-60(2)54-22-8-9-23-55(54)61(46-33-40-32-41(35-46)36-47(61)34-40)56-31-30-51(39-57(56)60)62(49-18-12-16-44(37-49)42-14-4-3-5-15-42)48-28-26-43(27-29-48)45-17-13-19-50(38-45)63-58-24-10-6-20-52(58)53-21-7-11-25-59(53)63/h3-31,37-41,46-47H,32-36H2,1-2H3. The van der Waals surface area contributed by atoms with Gasteiger partial charge in [-0.1, -0.05) is 147 Å². The van der Waals surface area contributed by atoms with Crippen molar-refractivity contribution in [2.24, 2.45) is 23.7 Å². The molecule has 4 bridgehead atoms. The maximum Gasteiger partial charge on any atom is 0.0541 e. The maximum absolute atomic E-state index is 2.59. The molecule has 0 saturated heterocycles. The number of nitrogens with zero attached hydrogens (tertiary/aromatic N) is 2. The first-order valence-corrected chi connectivity index (χ1v) is 23.3. The highest BCUT2D eigenvalue weighted by Gasteiger charge is 2.62. The second kappa shape index (κ2) is 13.9. The van der Waals surface area contributed by atoms with Crippen molar-refractivity contribution in [1.82, 2.24) is 4.57 Å². The van der Waals surface area contributed by atoms with Crippen LogP contribution in [0, 0.1) is 23.7 Å². The van der Waals surface area contributed by atoms with E-state index in [1.165, 1.54) is 98.7 Å². The molecule has 0 unspecified atom stereocenters. The highest BCUT2D eigenvalue weighted by molar-refractivity contribution is 6.09. The summed E-state index contributed by atoms with van der Waals surface area (Å²) < 4.78 is 2.41. The molecule has 9 aromatic rings. The zero-order valence-electron chi connectivity index (χ0n) is 36.2. The van der Waals surface area contributed by atoms with Gasteiger partial charge in [-0.2, -0.15) is 0 Å². The topological polar surface area (TPSA) is 8.17 Å². The monoisotopic (exact) mass is 812 g/mol. The van der Waals surface area contributed by atoms with Crippen molar-refractivity contribution in [2.45, 2.75) is 56.8 Å². The van der Waals surface area contributed by atoms with Gasteiger partial charge in [-0.05, 0) is 161 Å². The Kier molecular flexibility index (Phi) is 8.17. The first-order valence-electron chi connectivity index (χ1n) is 23.3. The SMILES string of the molecule is CC1(C)c2ccccc2C2(c3ccc(N(c4ccc(-c5cccc(-n6c7ccccc7c7ccccc76)c5)cc4)c4cccc(-c5ccccc5)c4)cc31)C1CC3CC(C1)CC2C3. The van der Waals surface area contributed by atoms with Gasteiger partial charge in [0.1, 0.15) is 0 Å². The molecule has 0 N–H and O–H groups in total. The van der Waals surface area contributed by atoms with E-state index in [9.17, 15) is 0 Å². The molecule has 0 atom stereocenters. The van der Waals surface area contributed by atoms with E-state index in [0.717, 1.165) is 35.0 Å². The normalized spacial score (nSPS) is 22.6. The molecule has 5 aliphatic rings. The maximum atomic E-state index is 2.59. The van der Waals surface area contributed by atoms with Crippen LogP contribution in [0.3, 0.4) is 0 Å². The Balaban J connectivity index is 0.948. The summed E-state index contributed by atoms with van der Waals surface area (Å²) in [7, 11) is 0. The zero-order chi connectivity index (χ0) is 41.9. The van der Waals surface area contributed by atoms with Gasteiger partial charge in [-0.15, -0.1) is 0 Å². The van der Waals surface area contributed by atoms with Crippen LogP contribution in [0.25, 0.3) is 49.7 Å². The summed E-state index contributed by atoms with van der Waals surface area (Å²) in [5.41, 5.74) is 18.3. The number of fused-ring (bicyclic) bond motifs is 5. The molecule has 306 valence electrons. The lowest BCUT2D eigenvalue weighted by Gasteiger charge is -2.64. The molecule has 1 heterocycles. The third kappa shape index (κ3) is 5.50. The van der Waals surface area contributed by atoms with E-state index in [-0.39, 0.29) is 10.8 Å². The molecule has 1 spiro atoms. The lowest BCUT2D eigenvalue weighted by molar-refractivity contribution is -0.0443. The summed E-state index contributed by atoms with van der Waals surface area (Å²) in [6, 6.07) is 73.0. The van der Waals surface area contributed by atoms with Gasteiger partial charge in [0.05, 0.1) is 11.0 Å². The van der Waals surface area contributed by atoms with Crippen LogP contribution in [-0.2, 0) is 10.8 Å². The summed E-state index contributed by atoms with van der Waals surface area (Å²) in [4.78, 5) is 2.51. The van der Waals surface area contributed by atoms with E-state index in [1.54, 1.807) is 11.1 Å². The van der Waals surface area contributed by atoms with Gasteiger partial charge in [0, 0.05) is 44.4 Å². The molecule has 2 nitrogen and oxygen atoms in total. The predicted octanol–water partition coefficient (Wildman–Crippen LogP) is 16.0. The van der Waals surface area contributed by atoms with Gasteiger partial charge >= 0.3 is 0 Å². The summed E-state index contributed by atoms with van der Waals surface area (Å²) in [6.07, 6.45) is 7.00. The fourth-order valence-electron chi connectivity index (χ4n) is 13.8. The molecule has 4 fully saturated rings. The van der Waals surface area contributed by atoms with E-state index in [2.05, 4.69) is 217 Å². The Bertz CT molecular complexity index is 3140. The zero-order valence-corrected chi connectivity index (χ0v) is 36.2. The summed E-state index contributed by atoms with van der Waals surface area (Å²) in [5.74, 6) is 3.26. The van der Waals surface area contributed by atoms with Crippen molar-refractivity contribution >= 4 is 38.9 Å². The van der Waals surface area contributed by atoms with Gasteiger partial charge in [0.2, 0.25) is 0 Å². The number of benzene rings is 8. The fraction of sp³-hybridized carbons (Fsp3) is 0.213. The molecule has 14 rings (SSSR count). The number of rotatable bonds is 6. The van der Waals surface area contributed by atoms with Crippen LogP contribution >= 0.6 is 0 Å². The molecular formula is C61H52N2. The molecule has 2 heteroatoms. The van der Waals surface area contributed by atoms with Crippen molar-refractivity contribution < 1.29 is 0 Å². The van der Waals surface area contributed by atoms with Crippen LogP contribution < -0.4 is 4.90 Å². The Hall–Kier alpha value is -6.64. The number of aromatic nitrogens is 1. The molecule has 8 aromatic carbocycles. The van der Waals surface area contributed by atoms with Crippen molar-refractivity contribution in [3.8, 4) is 27.9 Å². The Morgan fingerprint density at radius 2 is 0.921 bits per heavy atom.